The molecule has 168 valence electrons. The number of thioether (sulfide) groups is 1. The van der Waals surface area contributed by atoms with Crippen LogP contribution in [0.2, 0.25) is 0 Å². The summed E-state index contributed by atoms with van der Waals surface area (Å²) in [5.74, 6) is 9.03. The lowest BCUT2D eigenvalue weighted by Crippen LogP contribution is -2.16. The van der Waals surface area contributed by atoms with Gasteiger partial charge in [-0.1, -0.05) is 11.8 Å². The fourth-order valence-corrected chi connectivity index (χ4v) is 3.74. The molecule has 1 aromatic heterocycles. The lowest BCUT2D eigenvalue weighted by molar-refractivity contribution is -0.113. The lowest BCUT2D eigenvalue weighted by atomic mass is 10.1. The molecule has 4 rings (SSSR count). The van der Waals surface area contributed by atoms with Crippen LogP contribution in [-0.2, 0) is 4.79 Å². The monoisotopic (exact) mass is 459 g/mol. The van der Waals surface area contributed by atoms with Gasteiger partial charge in [0.15, 0.2) is 28.8 Å². The first-order chi connectivity index (χ1) is 15.5. The summed E-state index contributed by atoms with van der Waals surface area (Å²) in [6.07, 6.45) is 0. The lowest BCUT2D eigenvalue weighted by Gasteiger charge is -2.13. The van der Waals surface area contributed by atoms with Gasteiger partial charge >= 0.3 is 0 Å². The standard InChI is InChI=1S/C20H21N5O6S/c1-27-15-6-11(7-16(28-2)18(15)29-3)19-23-24-20(25(19)21)32-9-17(26)22-12-4-5-13-14(8-12)31-10-30-13/h4-8H,9-10,21H2,1-3H3,(H,22,26). The highest BCUT2D eigenvalue weighted by Crippen LogP contribution is 2.41. The number of carbonyl (C=O) groups is 1. The predicted molar refractivity (Wildman–Crippen MR) is 117 cm³/mol. The number of anilines is 1. The topological polar surface area (TPSA) is 132 Å². The first-order valence-electron chi connectivity index (χ1n) is 9.37. The van der Waals surface area contributed by atoms with Crippen LogP contribution in [0.3, 0.4) is 0 Å². The summed E-state index contributed by atoms with van der Waals surface area (Å²) in [5, 5.41) is 11.4. The van der Waals surface area contributed by atoms with Crippen molar-refractivity contribution in [3.8, 4) is 40.1 Å². The van der Waals surface area contributed by atoms with Crippen LogP contribution >= 0.6 is 11.8 Å². The molecule has 0 aliphatic carbocycles. The van der Waals surface area contributed by atoms with Gasteiger partial charge in [0.25, 0.3) is 0 Å². The van der Waals surface area contributed by atoms with Crippen LogP contribution in [0.15, 0.2) is 35.5 Å². The van der Waals surface area contributed by atoms with Gasteiger partial charge in [0, 0.05) is 17.3 Å². The Morgan fingerprint density at radius 1 is 1.09 bits per heavy atom. The molecule has 12 heteroatoms. The number of ether oxygens (including phenoxy) is 5. The third kappa shape index (κ3) is 4.17. The zero-order valence-electron chi connectivity index (χ0n) is 17.6. The Bertz CT molecular complexity index is 1130. The van der Waals surface area contributed by atoms with Crippen LogP contribution in [0.1, 0.15) is 0 Å². The van der Waals surface area contributed by atoms with E-state index in [0.29, 0.717) is 51.0 Å². The Labute approximate surface area is 187 Å². The third-order valence-electron chi connectivity index (χ3n) is 4.58. The molecule has 3 N–H and O–H groups in total. The molecule has 0 bridgehead atoms. The van der Waals surface area contributed by atoms with Crippen LogP contribution in [0.25, 0.3) is 11.4 Å². The zero-order chi connectivity index (χ0) is 22.7. The Morgan fingerprint density at radius 2 is 1.81 bits per heavy atom. The fraction of sp³-hybridized carbons (Fsp3) is 0.250. The maximum absolute atomic E-state index is 12.4. The molecule has 0 spiro atoms. The third-order valence-corrected chi connectivity index (χ3v) is 5.52. The van der Waals surface area contributed by atoms with Gasteiger partial charge < -0.3 is 34.8 Å². The van der Waals surface area contributed by atoms with Crippen LogP contribution in [0.4, 0.5) is 5.69 Å². The zero-order valence-corrected chi connectivity index (χ0v) is 18.4. The molecule has 3 aromatic rings. The van der Waals surface area contributed by atoms with E-state index in [2.05, 4.69) is 15.5 Å². The number of nitrogens with two attached hydrogens (primary N) is 1. The van der Waals surface area contributed by atoms with Gasteiger partial charge in [-0.15, -0.1) is 10.2 Å². The van der Waals surface area contributed by atoms with Crippen molar-refractivity contribution in [3.63, 3.8) is 0 Å². The number of fused-ring (bicyclic) bond motifs is 1. The number of hydrogen-bond acceptors (Lipinski definition) is 10. The number of hydrogen-bond donors (Lipinski definition) is 2. The average molecular weight is 459 g/mol. The summed E-state index contributed by atoms with van der Waals surface area (Å²) in [7, 11) is 4.57. The quantitative estimate of drug-likeness (QED) is 0.381. The predicted octanol–water partition coefficient (Wildman–Crippen LogP) is 2.14. The first kappa shape index (κ1) is 21.4. The van der Waals surface area contributed by atoms with Gasteiger partial charge in [0.2, 0.25) is 23.6 Å². The Morgan fingerprint density at radius 3 is 2.50 bits per heavy atom. The molecule has 0 atom stereocenters. The second-order valence-corrected chi connectivity index (χ2v) is 7.44. The van der Waals surface area contributed by atoms with Crippen molar-refractivity contribution in [1.29, 1.82) is 0 Å². The summed E-state index contributed by atoms with van der Waals surface area (Å²) in [6.45, 7) is 0.170. The van der Waals surface area contributed by atoms with Gasteiger partial charge in [-0.2, -0.15) is 0 Å². The van der Waals surface area contributed by atoms with Crippen LogP contribution in [-0.4, -0.2) is 54.7 Å². The van der Waals surface area contributed by atoms with Crippen molar-refractivity contribution in [1.82, 2.24) is 14.9 Å². The molecule has 1 aliphatic rings. The highest BCUT2D eigenvalue weighted by molar-refractivity contribution is 7.99. The molecule has 32 heavy (non-hydrogen) atoms. The normalized spacial score (nSPS) is 11.8. The highest BCUT2D eigenvalue weighted by atomic mass is 32.2. The largest absolute Gasteiger partial charge is 0.493 e. The smallest absolute Gasteiger partial charge is 0.234 e. The van der Waals surface area contributed by atoms with E-state index in [1.165, 1.54) is 26.0 Å². The van der Waals surface area contributed by atoms with E-state index in [1.54, 1.807) is 30.3 Å². The number of rotatable bonds is 8. The number of nitrogens with zero attached hydrogens (tertiary/aromatic N) is 3. The molecule has 2 heterocycles. The van der Waals surface area contributed by atoms with Gasteiger partial charge in [0.1, 0.15) is 0 Å². The number of methoxy groups -OCH3 is 3. The molecule has 2 aromatic carbocycles. The van der Waals surface area contributed by atoms with Gasteiger partial charge in [-0.25, -0.2) is 4.68 Å². The minimum absolute atomic E-state index is 0.0824. The molecule has 1 aliphatic heterocycles. The van der Waals surface area contributed by atoms with E-state index in [1.807, 2.05) is 0 Å². The van der Waals surface area contributed by atoms with Crippen molar-refractivity contribution in [2.24, 2.45) is 0 Å². The Hall–Kier alpha value is -3.80. The van der Waals surface area contributed by atoms with Gasteiger partial charge in [-0.05, 0) is 24.3 Å². The molecular formula is C20H21N5O6S. The molecule has 0 saturated carbocycles. The van der Waals surface area contributed by atoms with E-state index in [9.17, 15) is 4.79 Å². The molecule has 0 fully saturated rings. The molecule has 0 saturated heterocycles. The van der Waals surface area contributed by atoms with Crippen LogP contribution in [0.5, 0.6) is 28.7 Å². The highest BCUT2D eigenvalue weighted by Gasteiger charge is 2.20. The Kier molecular flexibility index (Phi) is 6.12. The van der Waals surface area contributed by atoms with Gasteiger partial charge in [-0.3, -0.25) is 4.79 Å². The van der Waals surface area contributed by atoms with Crippen molar-refractivity contribution in [3.05, 3.63) is 30.3 Å². The maximum atomic E-state index is 12.4. The number of nitrogens with one attached hydrogen (secondary N) is 1. The van der Waals surface area contributed by atoms with E-state index in [4.69, 9.17) is 29.5 Å². The Balaban J connectivity index is 1.46. The number of nitrogen functional groups attached to an aromatic ring is 1. The second-order valence-electron chi connectivity index (χ2n) is 6.50. The SMILES string of the molecule is COc1cc(-c2nnc(SCC(=O)Nc3ccc4c(c3)OCO4)n2N)cc(OC)c1OC. The van der Waals surface area contributed by atoms with Crippen molar-refractivity contribution < 1.29 is 28.5 Å². The number of aromatic nitrogens is 3. The van der Waals surface area contributed by atoms with Gasteiger partial charge in [0.05, 0.1) is 27.1 Å². The van der Waals surface area contributed by atoms with Crippen molar-refractivity contribution in [2.45, 2.75) is 5.16 Å². The summed E-state index contributed by atoms with van der Waals surface area (Å²) in [4.78, 5) is 12.4. The van der Waals surface area contributed by atoms with Crippen LogP contribution in [0, 0.1) is 0 Å². The minimum Gasteiger partial charge on any atom is -0.493 e. The minimum atomic E-state index is -0.230. The average Bonchev–Trinajstić information content (AvgIpc) is 3.42. The number of carbonyl (C=O) groups excluding carboxylic acids is 1. The van der Waals surface area contributed by atoms with E-state index in [0.717, 1.165) is 11.8 Å². The molecular weight excluding hydrogens is 438 g/mol. The number of amides is 1. The molecule has 0 unspecified atom stereocenters. The first-order valence-corrected chi connectivity index (χ1v) is 10.4. The summed E-state index contributed by atoms with van der Waals surface area (Å²) >= 11 is 1.15. The van der Waals surface area contributed by atoms with Crippen molar-refractivity contribution >= 4 is 23.4 Å². The van der Waals surface area contributed by atoms with E-state index >= 15 is 0 Å². The molecule has 1 amide bonds. The fourth-order valence-electron chi connectivity index (χ4n) is 3.08. The summed E-state index contributed by atoms with van der Waals surface area (Å²) in [6, 6.07) is 8.62. The number of benzene rings is 2. The van der Waals surface area contributed by atoms with E-state index in [-0.39, 0.29) is 18.5 Å². The van der Waals surface area contributed by atoms with E-state index < -0.39 is 0 Å². The van der Waals surface area contributed by atoms with Crippen LogP contribution < -0.4 is 34.8 Å². The molecule has 0 radical (unpaired) electrons. The van der Waals surface area contributed by atoms with Crippen molar-refractivity contribution in [2.75, 3.05) is 45.0 Å². The molecule has 11 nitrogen and oxygen atoms in total. The second kappa shape index (κ2) is 9.14. The summed E-state index contributed by atoms with van der Waals surface area (Å²) in [5.41, 5.74) is 1.22. The summed E-state index contributed by atoms with van der Waals surface area (Å²) < 4.78 is 28.0. The maximum Gasteiger partial charge on any atom is 0.234 e.